The number of aromatic nitrogens is 2. The van der Waals surface area contributed by atoms with Crippen molar-refractivity contribution >= 4 is 0 Å². The van der Waals surface area contributed by atoms with Crippen LogP contribution in [0.3, 0.4) is 0 Å². The highest BCUT2D eigenvalue weighted by atomic mass is 15.3. The summed E-state index contributed by atoms with van der Waals surface area (Å²) < 4.78 is 2.00. The number of hydrogen-bond acceptors (Lipinski definition) is 2. The van der Waals surface area contributed by atoms with Gasteiger partial charge in [0.05, 0.1) is 11.4 Å². The Morgan fingerprint density at radius 2 is 1.80 bits per heavy atom. The molecule has 2 rings (SSSR count). The van der Waals surface area contributed by atoms with Crippen molar-refractivity contribution in [3.05, 3.63) is 46.8 Å². The molecule has 0 atom stereocenters. The van der Waals surface area contributed by atoms with E-state index in [4.69, 9.17) is 0 Å². The van der Waals surface area contributed by atoms with Crippen LogP contribution < -0.4 is 5.32 Å². The van der Waals surface area contributed by atoms with Gasteiger partial charge in [-0.05, 0) is 70.9 Å². The minimum atomic E-state index is 0.140. The zero-order valence-corrected chi connectivity index (χ0v) is 13.4. The molecule has 1 aromatic carbocycles. The van der Waals surface area contributed by atoms with E-state index in [-0.39, 0.29) is 5.54 Å². The lowest BCUT2D eigenvalue weighted by molar-refractivity contribution is 0.424. The Bertz CT molecular complexity index is 603. The molecule has 0 unspecified atom stereocenters. The van der Waals surface area contributed by atoms with E-state index in [9.17, 15) is 0 Å². The van der Waals surface area contributed by atoms with Crippen LogP contribution in [0.15, 0.2) is 24.3 Å². The van der Waals surface area contributed by atoms with Crippen LogP contribution in [0.25, 0.3) is 5.69 Å². The van der Waals surface area contributed by atoms with Crippen LogP contribution >= 0.6 is 0 Å². The van der Waals surface area contributed by atoms with E-state index >= 15 is 0 Å². The maximum Gasteiger partial charge on any atom is 0.0651 e. The minimum Gasteiger partial charge on any atom is -0.308 e. The molecule has 0 spiro atoms. The fourth-order valence-corrected chi connectivity index (χ4v) is 2.26. The summed E-state index contributed by atoms with van der Waals surface area (Å²) in [4.78, 5) is 0. The first-order valence-corrected chi connectivity index (χ1v) is 7.14. The number of aryl methyl sites for hydroxylation is 3. The highest BCUT2D eigenvalue weighted by Gasteiger charge is 2.10. The quantitative estimate of drug-likeness (QED) is 0.922. The Morgan fingerprint density at radius 1 is 1.10 bits per heavy atom. The molecule has 2 aromatic rings. The SMILES string of the molecule is Cc1cc(C)n(-c2ccc(CNC(C)(C)C)c(C)c2)n1. The van der Waals surface area contributed by atoms with E-state index in [0.29, 0.717) is 0 Å². The Morgan fingerprint density at radius 3 is 2.30 bits per heavy atom. The molecule has 0 fully saturated rings. The number of hydrogen-bond donors (Lipinski definition) is 1. The molecule has 3 nitrogen and oxygen atoms in total. The summed E-state index contributed by atoms with van der Waals surface area (Å²) in [5.74, 6) is 0. The molecular weight excluding hydrogens is 246 g/mol. The number of nitrogens with one attached hydrogen (secondary N) is 1. The second kappa shape index (κ2) is 5.41. The molecule has 0 bridgehead atoms. The topological polar surface area (TPSA) is 29.9 Å². The standard InChI is InChI=1S/C17H25N3/c1-12-9-16(20-14(3)10-13(2)19-20)8-7-15(12)11-18-17(4,5)6/h7-10,18H,11H2,1-6H3. The summed E-state index contributed by atoms with van der Waals surface area (Å²) in [6.45, 7) is 13.7. The highest BCUT2D eigenvalue weighted by molar-refractivity contribution is 5.41. The van der Waals surface area contributed by atoms with E-state index in [1.54, 1.807) is 0 Å². The molecular formula is C17H25N3. The maximum atomic E-state index is 4.54. The smallest absolute Gasteiger partial charge is 0.0651 e. The van der Waals surface area contributed by atoms with Gasteiger partial charge in [0.2, 0.25) is 0 Å². The van der Waals surface area contributed by atoms with Crippen molar-refractivity contribution in [1.29, 1.82) is 0 Å². The molecule has 3 heteroatoms. The second-order valence-electron chi connectivity index (χ2n) is 6.55. The summed E-state index contributed by atoms with van der Waals surface area (Å²) in [6.07, 6.45) is 0. The summed E-state index contributed by atoms with van der Waals surface area (Å²) in [5.41, 5.74) is 6.13. The number of benzene rings is 1. The first-order chi connectivity index (χ1) is 9.26. The van der Waals surface area contributed by atoms with Gasteiger partial charge in [-0.15, -0.1) is 0 Å². The Labute approximate surface area is 122 Å². The van der Waals surface area contributed by atoms with Gasteiger partial charge in [0.25, 0.3) is 0 Å². The van der Waals surface area contributed by atoms with Gasteiger partial charge < -0.3 is 5.32 Å². The molecule has 1 aromatic heterocycles. The van der Waals surface area contributed by atoms with E-state index < -0.39 is 0 Å². The summed E-state index contributed by atoms with van der Waals surface area (Å²) in [5, 5.41) is 8.07. The largest absolute Gasteiger partial charge is 0.308 e. The lowest BCUT2D eigenvalue weighted by Crippen LogP contribution is -2.35. The van der Waals surface area contributed by atoms with Crippen LogP contribution in [0.4, 0.5) is 0 Å². The monoisotopic (exact) mass is 271 g/mol. The zero-order valence-electron chi connectivity index (χ0n) is 13.4. The zero-order chi connectivity index (χ0) is 14.9. The summed E-state index contributed by atoms with van der Waals surface area (Å²) in [7, 11) is 0. The first kappa shape index (κ1) is 14.8. The Hall–Kier alpha value is -1.61. The van der Waals surface area contributed by atoms with Gasteiger partial charge in [-0.3, -0.25) is 0 Å². The van der Waals surface area contributed by atoms with Gasteiger partial charge in [-0.2, -0.15) is 5.10 Å². The fraction of sp³-hybridized carbons (Fsp3) is 0.471. The van der Waals surface area contributed by atoms with E-state index in [1.807, 2.05) is 11.6 Å². The van der Waals surface area contributed by atoms with E-state index in [0.717, 1.165) is 17.9 Å². The molecule has 0 saturated carbocycles. The van der Waals surface area contributed by atoms with Crippen molar-refractivity contribution in [3.8, 4) is 5.69 Å². The normalized spacial score (nSPS) is 11.9. The summed E-state index contributed by atoms with van der Waals surface area (Å²) >= 11 is 0. The molecule has 0 saturated heterocycles. The van der Waals surface area contributed by atoms with Crippen molar-refractivity contribution in [2.24, 2.45) is 0 Å². The molecule has 20 heavy (non-hydrogen) atoms. The molecule has 0 radical (unpaired) electrons. The Kier molecular flexibility index (Phi) is 4.00. The molecule has 0 aliphatic carbocycles. The van der Waals surface area contributed by atoms with Gasteiger partial charge in [0.15, 0.2) is 0 Å². The summed E-state index contributed by atoms with van der Waals surface area (Å²) in [6, 6.07) is 8.65. The molecule has 1 heterocycles. The van der Waals surface area contributed by atoms with Crippen molar-refractivity contribution in [3.63, 3.8) is 0 Å². The van der Waals surface area contributed by atoms with Crippen LogP contribution in [0.2, 0.25) is 0 Å². The van der Waals surface area contributed by atoms with Gasteiger partial charge >= 0.3 is 0 Å². The van der Waals surface area contributed by atoms with Crippen LogP contribution in [0.5, 0.6) is 0 Å². The minimum absolute atomic E-state index is 0.140. The highest BCUT2D eigenvalue weighted by Crippen LogP contribution is 2.17. The van der Waals surface area contributed by atoms with Crippen LogP contribution in [-0.4, -0.2) is 15.3 Å². The van der Waals surface area contributed by atoms with Crippen molar-refractivity contribution in [2.75, 3.05) is 0 Å². The fourth-order valence-electron chi connectivity index (χ4n) is 2.26. The number of rotatable bonds is 3. The van der Waals surface area contributed by atoms with Crippen molar-refractivity contribution in [2.45, 2.75) is 53.6 Å². The van der Waals surface area contributed by atoms with Crippen LogP contribution in [-0.2, 0) is 6.54 Å². The van der Waals surface area contributed by atoms with Gasteiger partial charge in [-0.1, -0.05) is 6.07 Å². The third-order valence-corrected chi connectivity index (χ3v) is 3.39. The van der Waals surface area contributed by atoms with Gasteiger partial charge in [-0.25, -0.2) is 4.68 Å². The van der Waals surface area contributed by atoms with Crippen molar-refractivity contribution < 1.29 is 0 Å². The maximum absolute atomic E-state index is 4.54. The molecule has 0 aliphatic heterocycles. The van der Waals surface area contributed by atoms with Crippen LogP contribution in [0, 0.1) is 20.8 Å². The third kappa shape index (κ3) is 3.48. The predicted molar refractivity (Wildman–Crippen MR) is 84.4 cm³/mol. The van der Waals surface area contributed by atoms with Gasteiger partial charge in [0, 0.05) is 17.8 Å². The first-order valence-electron chi connectivity index (χ1n) is 7.14. The van der Waals surface area contributed by atoms with Gasteiger partial charge in [0.1, 0.15) is 0 Å². The Balaban J connectivity index is 2.24. The lowest BCUT2D eigenvalue weighted by atomic mass is 10.0. The molecule has 1 N–H and O–H groups in total. The average molecular weight is 271 g/mol. The van der Waals surface area contributed by atoms with Crippen LogP contribution in [0.1, 0.15) is 43.3 Å². The molecule has 0 amide bonds. The third-order valence-electron chi connectivity index (χ3n) is 3.39. The van der Waals surface area contributed by atoms with E-state index in [1.165, 1.54) is 16.8 Å². The van der Waals surface area contributed by atoms with E-state index in [2.05, 4.69) is 69.3 Å². The molecule has 0 aliphatic rings. The second-order valence-corrected chi connectivity index (χ2v) is 6.55. The van der Waals surface area contributed by atoms with Crippen molar-refractivity contribution in [1.82, 2.24) is 15.1 Å². The lowest BCUT2D eigenvalue weighted by Gasteiger charge is -2.21. The predicted octanol–water partition coefficient (Wildman–Crippen LogP) is 3.69. The number of nitrogens with zero attached hydrogens (tertiary/aromatic N) is 2. The molecule has 108 valence electrons. The average Bonchev–Trinajstić information content (AvgIpc) is 2.65.